The van der Waals surface area contributed by atoms with Crippen molar-refractivity contribution in [3.8, 4) is 11.5 Å². The zero-order valence-electron chi connectivity index (χ0n) is 17.7. The molecular formula is C27H26O4. The lowest BCUT2D eigenvalue weighted by molar-refractivity contribution is 0.0680. The first kappa shape index (κ1) is 20.9. The van der Waals surface area contributed by atoms with Crippen molar-refractivity contribution in [2.75, 3.05) is 0 Å². The number of aryl methyl sites for hydroxylation is 1. The van der Waals surface area contributed by atoms with Crippen molar-refractivity contribution in [1.82, 2.24) is 0 Å². The van der Waals surface area contributed by atoms with Crippen LogP contribution in [0, 0.1) is 0 Å². The molecule has 1 saturated carbocycles. The normalized spacial score (nSPS) is 13.7. The van der Waals surface area contributed by atoms with E-state index < -0.39 is 11.9 Å². The Morgan fingerprint density at radius 2 is 1.35 bits per heavy atom. The number of benzene rings is 3. The SMILES string of the molecule is CCc1cc(OC(=O)c2ccccc2)c(OC(=O)c2ccccc2)c(C2CCCC2)c1. The van der Waals surface area contributed by atoms with Crippen LogP contribution >= 0.6 is 0 Å². The summed E-state index contributed by atoms with van der Waals surface area (Å²) in [6, 6.07) is 21.6. The minimum Gasteiger partial charge on any atom is -0.419 e. The fourth-order valence-corrected chi connectivity index (χ4v) is 4.07. The highest BCUT2D eigenvalue weighted by Crippen LogP contribution is 2.44. The van der Waals surface area contributed by atoms with Crippen molar-refractivity contribution in [2.24, 2.45) is 0 Å². The summed E-state index contributed by atoms with van der Waals surface area (Å²) >= 11 is 0. The van der Waals surface area contributed by atoms with Crippen LogP contribution in [0.15, 0.2) is 72.8 Å². The van der Waals surface area contributed by atoms with Gasteiger partial charge in [0.15, 0.2) is 11.5 Å². The Morgan fingerprint density at radius 1 is 0.806 bits per heavy atom. The highest BCUT2D eigenvalue weighted by Gasteiger charge is 2.27. The number of hydrogen-bond donors (Lipinski definition) is 0. The van der Waals surface area contributed by atoms with E-state index in [0.29, 0.717) is 28.5 Å². The second-order valence-corrected chi connectivity index (χ2v) is 7.86. The third kappa shape index (κ3) is 4.85. The van der Waals surface area contributed by atoms with Crippen molar-refractivity contribution < 1.29 is 19.1 Å². The van der Waals surface area contributed by atoms with E-state index in [1.807, 2.05) is 18.2 Å². The van der Waals surface area contributed by atoms with Gasteiger partial charge in [0.2, 0.25) is 0 Å². The van der Waals surface area contributed by atoms with Crippen molar-refractivity contribution in [2.45, 2.75) is 44.9 Å². The van der Waals surface area contributed by atoms with Gasteiger partial charge in [0, 0.05) is 5.56 Å². The van der Waals surface area contributed by atoms with E-state index in [-0.39, 0.29) is 0 Å². The molecule has 4 heteroatoms. The summed E-state index contributed by atoms with van der Waals surface area (Å²) in [5.74, 6) is 0.0326. The van der Waals surface area contributed by atoms with E-state index in [2.05, 4.69) is 13.0 Å². The quantitative estimate of drug-likeness (QED) is 0.349. The van der Waals surface area contributed by atoms with E-state index in [0.717, 1.165) is 43.2 Å². The smallest absolute Gasteiger partial charge is 0.343 e. The van der Waals surface area contributed by atoms with Crippen LogP contribution < -0.4 is 9.47 Å². The van der Waals surface area contributed by atoms with Gasteiger partial charge in [0.1, 0.15) is 0 Å². The lowest BCUT2D eigenvalue weighted by atomic mass is 9.93. The fourth-order valence-electron chi connectivity index (χ4n) is 4.07. The Balaban J connectivity index is 1.74. The zero-order chi connectivity index (χ0) is 21.6. The average molecular weight is 415 g/mol. The van der Waals surface area contributed by atoms with Crippen molar-refractivity contribution >= 4 is 11.9 Å². The van der Waals surface area contributed by atoms with Gasteiger partial charge >= 0.3 is 11.9 Å². The molecule has 0 radical (unpaired) electrons. The molecule has 3 aromatic rings. The second-order valence-electron chi connectivity index (χ2n) is 7.86. The molecule has 0 amide bonds. The fraction of sp³-hybridized carbons (Fsp3) is 0.259. The molecule has 4 nitrogen and oxygen atoms in total. The predicted octanol–water partition coefficient (Wildman–Crippen LogP) is 6.35. The van der Waals surface area contributed by atoms with Crippen LogP contribution in [0.5, 0.6) is 11.5 Å². The Labute approximate surface area is 182 Å². The Morgan fingerprint density at radius 3 is 1.90 bits per heavy atom. The maximum absolute atomic E-state index is 12.9. The van der Waals surface area contributed by atoms with Crippen LogP contribution in [0.1, 0.15) is 70.4 Å². The van der Waals surface area contributed by atoms with E-state index in [4.69, 9.17) is 9.47 Å². The molecule has 0 bridgehead atoms. The summed E-state index contributed by atoms with van der Waals surface area (Å²) in [6.07, 6.45) is 5.16. The highest BCUT2D eigenvalue weighted by atomic mass is 16.6. The summed E-state index contributed by atoms with van der Waals surface area (Å²) in [5.41, 5.74) is 2.92. The second kappa shape index (κ2) is 9.61. The molecule has 1 fully saturated rings. The third-order valence-electron chi connectivity index (χ3n) is 5.76. The number of carbonyl (C=O) groups excluding carboxylic acids is 2. The summed E-state index contributed by atoms with van der Waals surface area (Å²) in [5, 5.41) is 0. The number of carbonyl (C=O) groups is 2. The topological polar surface area (TPSA) is 52.6 Å². The van der Waals surface area contributed by atoms with Gasteiger partial charge in [0.25, 0.3) is 0 Å². The van der Waals surface area contributed by atoms with Crippen LogP contribution in [-0.2, 0) is 6.42 Å². The Hall–Kier alpha value is -3.40. The molecule has 1 aliphatic carbocycles. The van der Waals surface area contributed by atoms with E-state index in [1.54, 1.807) is 48.5 Å². The van der Waals surface area contributed by atoms with Crippen LogP contribution in [0.4, 0.5) is 0 Å². The monoisotopic (exact) mass is 414 g/mol. The molecule has 0 N–H and O–H groups in total. The number of rotatable bonds is 6. The van der Waals surface area contributed by atoms with Gasteiger partial charge in [-0.1, -0.05) is 62.2 Å². The first-order chi connectivity index (χ1) is 15.2. The summed E-state index contributed by atoms with van der Waals surface area (Å²) in [7, 11) is 0. The van der Waals surface area contributed by atoms with Gasteiger partial charge in [-0.25, -0.2) is 9.59 Å². The van der Waals surface area contributed by atoms with E-state index in [1.165, 1.54) is 0 Å². The van der Waals surface area contributed by atoms with Crippen LogP contribution in [0.2, 0.25) is 0 Å². The molecule has 0 spiro atoms. The Bertz CT molecular complexity index is 1050. The lowest BCUT2D eigenvalue weighted by Gasteiger charge is -2.20. The first-order valence-corrected chi connectivity index (χ1v) is 10.9. The summed E-state index contributed by atoms with van der Waals surface area (Å²) in [6.45, 7) is 2.06. The minimum absolute atomic E-state index is 0.291. The Kier molecular flexibility index (Phi) is 6.46. The molecule has 0 unspecified atom stereocenters. The first-order valence-electron chi connectivity index (χ1n) is 10.9. The van der Waals surface area contributed by atoms with Gasteiger partial charge in [-0.15, -0.1) is 0 Å². The van der Waals surface area contributed by atoms with Crippen molar-refractivity contribution in [3.63, 3.8) is 0 Å². The summed E-state index contributed by atoms with van der Waals surface area (Å²) < 4.78 is 11.7. The van der Waals surface area contributed by atoms with E-state index in [9.17, 15) is 9.59 Å². The average Bonchev–Trinajstić information content (AvgIpc) is 3.36. The third-order valence-corrected chi connectivity index (χ3v) is 5.76. The number of hydrogen-bond acceptors (Lipinski definition) is 4. The standard InChI is InChI=1S/C27H26O4/c1-2-19-17-23(20-11-9-10-12-20)25(31-27(29)22-15-7-4-8-16-22)24(18-19)30-26(28)21-13-5-3-6-14-21/h3-8,13-18,20H,2,9-12H2,1H3. The number of ether oxygens (including phenoxy) is 2. The molecule has 0 saturated heterocycles. The molecule has 0 aromatic heterocycles. The van der Waals surface area contributed by atoms with Crippen molar-refractivity contribution in [3.05, 3.63) is 95.1 Å². The molecule has 3 aromatic carbocycles. The molecule has 0 aliphatic heterocycles. The van der Waals surface area contributed by atoms with Crippen LogP contribution in [0.3, 0.4) is 0 Å². The lowest BCUT2D eigenvalue weighted by Crippen LogP contribution is -2.15. The predicted molar refractivity (Wildman–Crippen MR) is 120 cm³/mol. The molecule has 158 valence electrons. The van der Waals surface area contributed by atoms with Gasteiger partial charge in [-0.05, 0) is 61.1 Å². The minimum atomic E-state index is -0.469. The van der Waals surface area contributed by atoms with E-state index >= 15 is 0 Å². The molecule has 31 heavy (non-hydrogen) atoms. The van der Waals surface area contributed by atoms with Gasteiger partial charge in [-0.3, -0.25) is 0 Å². The molecule has 4 rings (SSSR count). The van der Waals surface area contributed by atoms with Gasteiger partial charge in [0.05, 0.1) is 11.1 Å². The maximum Gasteiger partial charge on any atom is 0.343 e. The molecule has 0 heterocycles. The van der Waals surface area contributed by atoms with Crippen LogP contribution in [0.25, 0.3) is 0 Å². The largest absolute Gasteiger partial charge is 0.419 e. The molecule has 1 aliphatic rings. The van der Waals surface area contributed by atoms with Gasteiger partial charge in [-0.2, -0.15) is 0 Å². The van der Waals surface area contributed by atoms with Crippen molar-refractivity contribution in [1.29, 1.82) is 0 Å². The van der Waals surface area contributed by atoms with Gasteiger partial charge < -0.3 is 9.47 Å². The van der Waals surface area contributed by atoms with Crippen LogP contribution in [-0.4, -0.2) is 11.9 Å². The molecule has 0 atom stereocenters. The highest BCUT2D eigenvalue weighted by molar-refractivity contribution is 5.93. The number of esters is 2. The summed E-state index contributed by atoms with van der Waals surface area (Å²) in [4.78, 5) is 25.7. The molecular weight excluding hydrogens is 388 g/mol. The zero-order valence-corrected chi connectivity index (χ0v) is 17.7. The maximum atomic E-state index is 12.9.